The van der Waals surface area contributed by atoms with Crippen LogP contribution in [0, 0.1) is 20.8 Å². The molecule has 0 bridgehead atoms. The summed E-state index contributed by atoms with van der Waals surface area (Å²) in [4.78, 5) is 12.3. The van der Waals surface area contributed by atoms with Gasteiger partial charge in [0.05, 0.1) is 6.21 Å². The minimum absolute atomic E-state index is 0.0855. The molecule has 0 fully saturated rings. The van der Waals surface area contributed by atoms with Crippen LogP contribution < -0.4 is 10.2 Å². The van der Waals surface area contributed by atoms with Gasteiger partial charge in [0.1, 0.15) is 5.75 Å². The van der Waals surface area contributed by atoms with Crippen molar-refractivity contribution in [1.29, 1.82) is 0 Å². The van der Waals surface area contributed by atoms with Gasteiger partial charge in [0, 0.05) is 28.7 Å². The topological polar surface area (TPSA) is 55.6 Å². The number of carbonyl (C=O) groups excluding carboxylic acids is 1. The molecule has 5 nitrogen and oxygen atoms in total. The second-order valence-electron chi connectivity index (χ2n) is 7.89. The molecule has 0 aliphatic heterocycles. The van der Waals surface area contributed by atoms with Crippen molar-refractivity contribution in [3.8, 4) is 5.75 Å². The summed E-state index contributed by atoms with van der Waals surface area (Å²) in [7, 11) is 0. The molecule has 1 aromatic heterocycles. The number of nitrogens with one attached hydrogen (secondary N) is 1. The number of aromatic nitrogens is 1. The smallest absolute Gasteiger partial charge is 0.277 e. The Morgan fingerprint density at radius 3 is 2.38 bits per heavy atom. The average molecular weight is 426 g/mol. The summed E-state index contributed by atoms with van der Waals surface area (Å²) >= 11 is 0. The highest BCUT2D eigenvalue weighted by Crippen LogP contribution is 2.25. The molecule has 0 aliphatic carbocycles. The number of amides is 1. The number of carbonyl (C=O) groups is 1. The first-order valence-corrected chi connectivity index (χ1v) is 10.7. The molecule has 5 heteroatoms. The number of nitrogens with zero attached hydrogens (tertiary/aromatic N) is 2. The molecule has 1 heterocycles. The number of rotatable bonds is 7. The summed E-state index contributed by atoms with van der Waals surface area (Å²) in [6, 6.07) is 24.5. The predicted molar refractivity (Wildman–Crippen MR) is 129 cm³/mol. The molecule has 3 aromatic carbocycles. The zero-order valence-corrected chi connectivity index (χ0v) is 18.6. The van der Waals surface area contributed by atoms with Crippen molar-refractivity contribution in [2.45, 2.75) is 27.3 Å². The summed E-state index contributed by atoms with van der Waals surface area (Å²) in [5, 5.41) is 5.31. The van der Waals surface area contributed by atoms with Crippen LogP contribution in [0.1, 0.15) is 27.9 Å². The lowest BCUT2D eigenvalue weighted by Gasteiger charge is -2.10. The molecule has 0 saturated carbocycles. The minimum atomic E-state index is -0.297. The molecular weight excluding hydrogens is 398 g/mol. The van der Waals surface area contributed by atoms with E-state index in [1.807, 2.05) is 50.2 Å². The van der Waals surface area contributed by atoms with E-state index in [4.69, 9.17) is 4.74 Å². The van der Waals surface area contributed by atoms with Gasteiger partial charge in [-0.25, -0.2) is 5.43 Å². The number of fused-ring (bicyclic) bond motifs is 1. The summed E-state index contributed by atoms with van der Waals surface area (Å²) < 4.78 is 7.98. The van der Waals surface area contributed by atoms with E-state index >= 15 is 0 Å². The van der Waals surface area contributed by atoms with Crippen molar-refractivity contribution >= 4 is 23.0 Å². The van der Waals surface area contributed by atoms with E-state index < -0.39 is 0 Å². The van der Waals surface area contributed by atoms with E-state index in [2.05, 4.69) is 58.4 Å². The van der Waals surface area contributed by atoms with Gasteiger partial charge >= 0.3 is 0 Å². The Morgan fingerprint density at radius 2 is 1.62 bits per heavy atom. The Hall–Kier alpha value is -3.86. The molecular formula is C27H27N3O2. The van der Waals surface area contributed by atoms with Crippen LogP contribution in [-0.4, -0.2) is 23.3 Å². The van der Waals surface area contributed by atoms with E-state index in [1.54, 1.807) is 6.21 Å². The molecule has 32 heavy (non-hydrogen) atoms. The van der Waals surface area contributed by atoms with Crippen molar-refractivity contribution in [2.75, 3.05) is 6.61 Å². The highest BCUT2D eigenvalue weighted by atomic mass is 16.5. The third-order valence-corrected chi connectivity index (χ3v) is 5.60. The zero-order chi connectivity index (χ0) is 22.5. The lowest BCUT2D eigenvalue weighted by Crippen LogP contribution is -2.25. The van der Waals surface area contributed by atoms with Crippen LogP contribution in [0.4, 0.5) is 0 Å². The van der Waals surface area contributed by atoms with Crippen LogP contribution in [0.15, 0.2) is 77.9 Å². The van der Waals surface area contributed by atoms with Gasteiger partial charge in [-0.15, -0.1) is 0 Å². The molecule has 4 aromatic rings. The fourth-order valence-electron chi connectivity index (χ4n) is 3.96. The van der Waals surface area contributed by atoms with Gasteiger partial charge in [0.2, 0.25) is 0 Å². The first kappa shape index (κ1) is 21.4. The number of ether oxygens (including phenoxy) is 1. The third-order valence-electron chi connectivity index (χ3n) is 5.60. The summed E-state index contributed by atoms with van der Waals surface area (Å²) in [6.45, 7) is 6.70. The normalized spacial score (nSPS) is 11.2. The highest BCUT2D eigenvalue weighted by Gasteiger charge is 2.13. The number of aryl methyl sites for hydroxylation is 2. The van der Waals surface area contributed by atoms with Crippen molar-refractivity contribution in [3.63, 3.8) is 0 Å². The van der Waals surface area contributed by atoms with Crippen molar-refractivity contribution < 1.29 is 9.53 Å². The quantitative estimate of drug-likeness (QED) is 0.329. The fraction of sp³-hybridized carbons (Fsp3) is 0.185. The Morgan fingerprint density at radius 1 is 0.938 bits per heavy atom. The fourth-order valence-corrected chi connectivity index (χ4v) is 3.96. The molecule has 0 spiro atoms. The van der Waals surface area contributed by atoms with Gasteiger partial charge in [-0.1, -0.05) is 66.7 Å². The number of benzene rings is 3. The molecule has 0 radical (unpaired) electrons. The molecule has 4 rings (SSSR count). The van der Waals surface area contributed by atoms with E-state index in [0.717, 1.165) is 45.6 Å². The maximum Gasteiger partial charge on any atom is 0.277 e. The Kier molecular flexibility index (Phi) is 6.36. The largest absolute Gasteiger partial charge is 0.483 e. The summed E-state index contributed by atoms with van der Waals surface area (Å²) in [6.07, 6.45) is 1.72. The number of hydrogen-bond donors (Lipinski definition) is 1. The van der Waals surface area contributed by atoms with Crippen molar-refractivity contribution in [1.82, 2.24) is 9.99 Å². The van der Waals surface area contributed by atoms with Crippen molar-refractivity contribution in [3.05, 3.63) is 101 Å². The van der Waals surface area contributed by atoms with E-state index in [1.165, 1.54) is 5.56 Å². The van der Waals surface area contributed by atoms with Gasteiger partial charge in [0.15, 0.2) is 6.61 Å². The van der Waals surface area contributed by atoms with Crippen LogP contribution in [0.3, 0.4) is 0 Å². The van der Waals surface area contributed by atoms with Crippen LogP contribution in [0.25, 0.3) is 10.9 Å². The monoisotopic (exact) mass is 425 g/mol. The van der Waals surface area contributed by atoms with Crippen LogP contribution >= 0.6 is 0 Å². The first-order valence-electron chi connectivity index (χ1n) is 10.7. The Labute approximate surface area is 188 Å². The second-order valence-corrected chi connectivity index (χ2v) is 7.89. The molecule has 0 saturated heterocycles. The number of hydrazone groups is 1. The number of para-hydroxylation sites is 2. The highest BCUT2D eigenvalue weighted by molar-refractivity contribution is 6.01. The average Bonchev–Trinajstić information content (AvgIpc) is 3.05. The summed E-state index contributed by atoms with van der Waals surface area (Å²) in [5.41, 5.74) is 9.06. The van der Waals surface area contributed by atoms with Crippen LogP contribution in [0.5, 0.6) is 5.75 Å². The maximum absolute atomic E-state index is 12.3. The molecule has 1 N–H and O–H groups in total. The van der Waals surface area contributed by atoms with E-state index in [0.29, 0.717) is 0 Å². The standard InChI is InChI=1S/C27H27N3O2/c1-19-10-9-11-20(2)27(19)32-18-26(31)29-28-16-24-21(3)30(17-22-12-5-4-6-13-22)25-15-8-7-14-23(24)25/h4-16H,17-18H2,1-3H3,(H,29,31). The minimum Gasteiger partial charge on any atom is -0.483 e. The van der Waals surface area contributed by atoms with Gasteiger partial charge in [-0.05, 0) is 43.5 Å². The summed E-state index contributed by atoms with van der Waals surface area (Å²) in [5.74, 6) is 0.445. The molecule has 1 amide bonds. The maximum atomic E-state index is 12.3. The third kappa shape index (κ3) is 4.57. The van der Waals surface area contributed by atoms with Gasteiger partial charge in [0.25, 0.3) is 5.91 Å². The van der Waals surface area contributed by atoms with Crippen LogP contribution in [-0.2, 0) is 11.3 Å². The van der Waals surface area contributed by atoms with Gasteiger partial charge in [-0.3, -0.25) is 4.79 Å². The Bertz CT molecular complexity index is 1250. The Balaban J connectivity index is 1.49. The lowest BCUT2D eigenvalue weighted by atomic mass is 10.1. The second kappa shape index (κ2) is 9.52. The predicted octanol–water partition coefficient (Wildman–Crippen LogP) is 5.14. The zero-order valence-electron chi connectivity index (χ0n) is 18.6. The lowest BCUT2D eigenvalue weighted by molar-refractivity contribution is -0.123. The molecule has 162 valence electrons. The van der Waals surface area contributed by atoms with Crippen LogP contribution in [0.2, 0.25) is 0 Å². The number of hydrogen-bond acceptors (Lipinski definition) is 3. The van der Waals surface area contributed by atoms with Crippen molar-refractivity contribution in [2.24, 2.45) is 5.10 Å². The molecule has 0 atom stereocenters. The molecule has 0 unspecified atom stereocenters. The van der Waals surface area contributed by atoms with E-state index in [9.17, 15) is 4.79 Å². The molecule has 0 aliphatic rings. The van der Waals surface area contributed by atoms with E-state index in [-0.39, 0.29) is 12.5 Å². The van der Waals surface area contributed by atoms with Gasteiger partial charge < -0.3 is 9.30 Å². The SMILES string of the molecule is Cc1cccc(C)c1OCC(=O)NN=Cc1c(C)n(Cc2ccccc2)c2ccccc12. The first-order chi connectivity index (χ1) is 15.5. The van der Waals surface area contributed by atoms with Gasteiger partial charge in [-0.2, -0.15) is 5.10 Å².